The molecular weight excluding hydrogens is 704 g/mol. The summed E-state index contributed by atoms with van der Waals surface area (Å²) in [6, 6.07) is 7.34. The lowest BCUT2D eigenvalue weighted by Gasteiger charge is -2.34. The van der Waals surface area contributed by atoms with Gasteiger partial charge in [0.25, 0.3) is 5.91 Å². The number of carbonyl (C=O) groups is 2. The molecule has 0 unspecified atom stereocenters. The minimum absolute atomic E-state index is 0.0181. The van der Waals surface area contributed by atoms with Gasteiger partial charge in [-0.15, -0.1) is 5.10 Å². The summed E-state index contributed by atoms with van der Waals surface area (Å²) in [7, 11) is 0.788. The van der Waals surface area contributed by atoms with E-state index in [1.54, 1.807) is 13.2 Å². The van der Waals surface area contributed by atoms with Gasteiger partial charge in [-0.3, -0.25) is 4.79 Å². The number of amides is 1. The van der Waals surface area contributed by atoms with Crippen molar-refractivity contribution in [1.29, 1.82) is 0 Å². The highest BCUT2D eigenvalue weighted by atomic mass is 32.2. The molecule has 15 nitrogen and oxygen atoms in total. The number of hydrogen-bond acceptors (Lipinski definition) is 12. The van der Waals surface area contributed by atoms with Gasteiger partial charge in [0.15, 0.2) is 5.82 Å². The van der Waals surface area contributed by atoms with Crippen LogP contribution in [0.5, 0.6) is 0 Å². The van der Waals surface area contributed by atoms with Crippen LogP contribution in [0.25, 0.3) is 0 Å². The van der Waals surface area contributed by atoms with E-state index in [1.165, 1.54) is 7.11 Å². The van der Waals surface area contributed by atoms with Crippen molar-refractivity contribution in [2.45, 2.75) is 30.8 Å². The minimum Gasteiger partial charge on any atom is -0.445 e. The Morgan fingerprint density at radius 1 is 0.942 bits per heavy atom. The van der Waals surface area contributed by atoms with Crippen LogP contribution in [0.4, 0.5) is 30.8 Å². The number of ether oxygens (including phenoxy) is 4. The molecule has 0 saturated carbocycles. The summed E-state index contributed by atoms with van der Waals surface area (Å²) < 4.78 is 78.2. The number of anilines is 3. The first-order chi connectivity index (χ1) is 24.9. The summed E-state index contributed by atoms with van der Waals surface area (Å²) in [6.45, 7) is 5.88. The van der Waals surface area contributed by atoms with Gasteiger partial charge in [0.2, 0.25) is 10.0 Å². The number of hydrogen-bond donors (Lipinski definition) is 2. The molecule has 52 heavy (non-hydrogen) atoms. The number of fused-ring (bicyclic) bond motifs is 1. The van der Waals surface area contributed by atoms with Gasteiger partial charge in [-0.1, -0.05) is 0 Å². The van der Waals surface area contributed by atoms with Crippen molar-refractivity contribution in [2.75, 3.05) is 103 Å². The summed E-state index contributed by atoms with van der Waals surface area (Å²) in [5, 5.41) is 10.5. The molecule has 1 saturated heterocycles. The molecule has 2 N–H and O–H groups in total. The number of nitrogens with one attached hydrogen (secondary N) is 2. The van der Waals surface area contributed by atoms with Crippen LogP contribution in [0, 0.1) is 11.6 Å². The van der Waals surface area contributed by atoms with Crippen LogP contribution in [-0.2, 0) is 41.9 Å². The Morgan fingerprint density at radius 3 is 2.35 bits per heavy atom. The van der Waals surface area contributed by atoms with Gasteiger partial charge >= 0.3 is 6.09 Å². The predicted octanol–water partition coefficient (Wildman–Crippen LogP) is 3.01. The molecule has 2 aliphatic heterocycles. The average Bonchev–Trinajstić information content (AvgIpc) is 3.47. The van der Waals surface area contributed by atoms with Crippen LogP contribution in [0.15, 0.2) is 41.3 Å². The second kappa shape index (κ2) is 17.5. The molecule has 284 valence electrons. The topological polar surface area (TPSA) is 157 Å². The highest BCUT2D eigenvalue weighted by Gasteiger charge is 2.35. The Labute approximate surface area is 301 Å². The second-order valence-electron chi connectivity index (χ2n) is 12.6. The molecule has 5 rings (SSSR count). The second-order valence-corrected chi connectivity index (χ2v) is 14.5. The summed E-state index contributed by atoms with van der Waals surface area (Å²) in [5.74, 6) is -2.74. The van der Waals surface area contributed by atoms with Crippen LogP contribution in [0.1, 0.15) is 28.5 Å². The van der Waals surface area contributed by atoms with Crippen molar-refractivity contribution < 1.29 is 45.7 Å². The molecule has 18 heteroatoms. The molecule has 1 amide bonds. The zero-order valence-corrected chi connectivity index (χ0v) is 30.5. The van der Waals surface area contributed by atoms with Crippen LogP contribution >= 0.6 is 0 Å². The summed E-state index contributed by atoms with van der Waals surface area (Å²) in [5.41, 5.74) is 2.29. The van der Waals surface area contributed by atoms with Crippen molar-refractivity contribution in [2.24, 2.45) is 0 Å². The van der Waals surface area contributed by atoms with E-state index in [4.69, 9.17) is 18.9 Å². The zero-order valence-electron chi connectivity index (χ0n) is 29.7. The standard InChI is InChI=1S/C34H45F2N7O8S/c1-23(22-49-4)37-30-20-26(41-11-9-40(2)10-12-41)5-6-28(30)33(44)38-32-29-21-42(52(46,47)27-18-24(35)17-25(36)19-27)8-7-31(29)43(39-32)34(45)51-16-15-50-14-13-48-3/h5-6,17-20,23,37H,7-16,21-22H2,1-4H3,(H,38,39,44)/t23-/m0/s1. The highest BCUT2D eigenvalue weighted by Crippen LogP contribution is 2.32. The van der Waals surface area contributed by atoms with Gasteiger partial charge in [-0.2, -0.15) is 8.99 Å². The van der Waals surface area contributed by atoms with Crippen LogP contribution in [0.2, 0.25) is 0 Å². The average molecular weight is 750 g/mol. The Kier molecular flexibility index (Phi) is 13.2. The molecule has 1 fully saturated rings. The van der Waals surface area contributed by atoms with E-state index < -0.39 is 38.6 Å². The van der Waals surface area contributed by atoms with Gasteiger partial charge in [0.05, 0.1) is 42.6 Å². The minimum atomic E-state index is -4.40. The van der Waals surface area contributed by atoms with Gasteiger partial charge in [0, 0.05) is 89.0 Å². The molecule has 0 aliphatic carbocycles. The van der Waals surface area contributed by atoms with Crippen molar-refractivity contribution in [3.63, 3.8) is 0 Å². The van der Waals surface area contributed by atoms with E-state index in [-0.39, 0.29) is 55.7 Å². The third-order valence-corrected chi connectivity index (χ3v) is 10.5. The SMILES string of the molecule is COCCOCCOC(=O)n1nc(NC(=O)c2ccc(N3CCN(C)CC3)cc2N[C@@H](C)COC)c2c1CCN(S(=O)(=O)c1cc(F)cc(F)c1)C2. The first-order valence-electron chi connectivity index (χ1n) is 16.9. The Hall–Kier alpha value is -4.20. The largest absolute Gasteiger partial charge is 0.445 e. The van der Waals surface area contributed by atoms with Crippen molar-refractivity contribution in [1.82, 2.24) is 19.0 Å². The number of benzene rings is 2. The van der Waals surface area contributed by atoms with E-state index in [2.05, 4.69) is 32.6 Å². The third kappa shape index (κ3) is 9.42. The van der Waals surface area contributed by atoms with E-state index in [0.29, 0.717) is 37.3 Å². The first-order valence-corrected chi connectivity index (χ1v) is 18.3. The number of carbonyl (C=O) groups excluding carboxylic acids is 2. The van der Waals surface area contributed by atoms with Crippen LogP contribution in [0.3, 0.4) is 0 Å². The van der Waals surface area contributed by atoms with E-state index in [1.807, 2.05) is 19.1 Å². The maximum Gasteiger partial charge on any atom is 0.435 e. The van der Waals surface area contributed by atoms with Crippen molar-refractivity contribution in [3.05, 3.63) is 64.9 Å². The number of methoxy groups -OCH3 is 2. The maximum absolute atomic E-state index is 14.0. The monoisotopic (exact) mass is 749 g/mol. The van der Waals surface area contributed by atoms with Gasteiger partial charge in [-0.25, -0.2) is 22.0 Å². The molecular formula is C34H45F2N7O8S. The normalized spacial score (nSPS) is 16.0. The van der Waals surface area contributed by atoms with E-state index in [9.17, 15) is 26.8 Å². The number of aromatic nitrogens is 2. The number of piperazine rings is 1. The fourth-order valence-corrected chi connectivity index (χ4v) is 7.47. The van der Waals surface area contributed by atoms with Crippen LogP contribution in [-0.4, -0.2) is 132 Å². The molecule has 0 spiro atoms. The highest BCUT2D eigenvalue weighted by molar-refractivity contribution is 7.89. The van der Waals surface area contributed by atoms with Gasteiger partial charge in [0.1, 0.15) is 18.2 Å². The predicted molar refractivity (Wildman–Crippen MR) is 188 cm³/mol. The number of sulfonamides is 1. The van der Waals surface area contributed by atoms with Crippen molar-refractivity contribution >= 4 is 39.2 Å². The molecule has 0 bridgehead atoms. The number of halogens is 2. The fraction of sp³-hybridized carbons (Fsp3) is 0.500. The van der Waals surface area contributed by atoms with Crippen molar-refractivity contribution in [3.8, 4) is 0 Å². The quantitative estimate of drug-likeness (QED) is 0.220. The molecule has 0 radical (unpaired) electrons. The Balaban J connectivity index is 1.45. The van der Waals surface area contributed by atoms with Gasteiger partial charge in [-0.05, 0) is 44.3 Å². The summed E-state index contributed by atoms with van der Waals surface area (Å²) in [4.78, 5) is 31.2. The number of likely N-dealkylation sites (N-methyl/N-ethyl adjacent to an activating group) is 1. The molecule has 3 aromatic rings. The smallest absolute Gasteiger partial charge is 0.435 e. The lowest BCUT2D eigenvalue weighted by atomic mass is 10.1. The van der Waals surface area contributed by atoms with Gasteiger partial charge < -0.3 is 39.4 Å². The third-order valence-electron chi connectivity index (χ3n) is 8.72. The molecule has 1 atom stereocenters. The summed E-state index contributed by atoms with van der Waals surface area (Å²) in [6.07, 6.45) is -0.877. The molecule has 3 heterocycles. The van der Waals surface area contributed by atoms with Crippen LogP contribution < -0.4 is 15.5 Å². The Bertz CT molecular complexity index is 1820. The maximum atomic E-state index is 14.0. The summed E-state index contributed by atoms with van der Waals surface area (Å²) >= 11 is 0. The Morgan fingerprint density at radius 2 is 1.65 bits per heavy atom. The van der Waals surface area contributed by atoms with E-state index >= 15 is 0 Å². The molecule has 1 aromatic heterocycles. The fourth-order valence-electron chi connectivity index (χ4n) is 6.01. The lowest BCUT2D eigenvalue weighted by molar-refractivity contribution is 0.0417. The molecule has 2 aromatic carbocycles. The number of rotatable bonds is 15. The number of nitrogens with zero attached hydrogens (tertiary/aromatic N) is 5. The molecule has 2 aliphatic rings. The zero-order chi connectivity index (χ0) is 37.4. The lowest BCUT2D eigenvalue weighted by Crippen LogP contribution is -2.44. The first kappa shape index (κ1) is 39.0. The van der Waals surface area contributed by atoms with E-state index in [0.717, 1.165) is 53.0 Å².